The molecule has 0 saturated heterocycles. The Labute approximate surface area is 407 Å². The monoisotopic (exact) mass is 904 g/mol. The SMILES string of the molecule is CC(C)(C)c1cc2ccccc2cc1N(c1ccccc1)c1ccc2cc3c(cc2c1)oc1cc2oc4cc5cc(N(c6ccccc6)c6cc7ccccc7cc6C(C)(C)C)ccc5cc4c2cc13. The van der Waals surface area contributed by atoms with Gasteiger partial charge in [0.15, 0.2) is 0 Å². The molecule has 2 aromatic heterocycles. The van der Waals surface area contributed by atoms with Crippen LogP contribution in [0.4, 0.5) is 34.1 Å². The molecule has 0 N–H and O–H groups in total. The highest BCUT2D eigenvalue weighted by Gasteiger charge is 2.27. The molecule has 4 nitrogen and oxygen atoms in total. The molecule has 0 aliphatic rings. The second-order valence-electron chi connectivity index (χ2n) is 21.1. The van der Waals surface area contributed by atoms with Crippen LogP contribution in [0.15, 0.2) is 215 Å². The summed E-state index contributed by atoms with van der Waals surface area (Å²) in [6, 6.07) is 75.1. The van der Waals surface area contributed by atoms with Crippen LogP contribution >= 0.6 is 0 Å². The third kappa shape index (κ3) is 6.97. The Morgan fingerprint density at radius 1 is 0.271 bits per heavy atom. The van der Waals surface area contributed by atoms with E-state index in [1.54, 1.807) is 0 Å². The zero-order valence-electron chi connectivity index (χ0n) is 40.3. The third-order valence-electron chi connectivity index (χ3n) is 14.3. The lowest BCUT2D eigenvalue weighted by Crippen LogP contribution is -2.19. The molecule has 2 heterocycles. The largest absolute Gasteiger partial charge is 0.456 e. The number of hydrogen-bond donors (Lipinski definition) is 0. The van der Waals surface area contributed by atoms with E-state index >= 15 is 0 Å². The van der Waals surface area contributed by atoms with E-state index in [-0.39, 0.29) is 10.8 Å². The van der Waals surface area contributed by atoms with Crippen LogP contribution in [-0.2, 0) is 10.8 Å². The maximum Gasteiger partial charge on any atom is 0.139 e. The van der Waals surface area contributed by atoms with Gasteiger partial charge in [-0.1, -0.05) is 139 Å². The van der Waals surface area contributed by atoms with Crippen molar-refractivity contribution in [3.05, 3.63) is 217 Å². The standard InChI is InChI=1S/C66H52N2O2/c1-65(2,3)57-33-41-17-13-15-19-43(41)35-59(57)67(49-21-9-7-10-22-49)51-27-25-45-31-53-55-39-56-54-32-46-26-28-52(30-48(46)38-62(54)70-64(56)40-63(55)69-61(53)37-47(45)29-51)68(50-23-11-8-12-24-50)60-36-44-20-16-14-18-42(44)34-58(60)66(4,5)6/h7-40H,1-6H3. The highest BCUT2D eigenvalue weighted by atomic mass is 16.3. The summed E-state index contributed by atoms with van der Waals surface area (Å²) in [6.07, 6.45) is 0. The van der Waals surface area contributed by atoms with E-state index in [9.17, 15) is 0 Å². The summed E-state index contributed by atoms with van der Waals surface area (Å²) in [7, 11) is 0. The van der Waals surface area contributed by atoms with Crippen LogP contribution in [0, 0.1) is 0 Å². The number of anilines is 6. The van der Waals surface area contributed by atoms with E-state index in [1.165, 1.54) is 44.0 Å². The van der Waals surface area contributed by atoms with Crippen LogP contribution in [0.2, 0.25) is 0 Å². The van der Waals surface area contributed by atoms with Crippen LogP contribution < -0.4 is 9.80 Å². The molecular weight excluding hydrogens is 853 g/mol. The summed E-state index contributed by atoms with van der Waals surface area (Å²) in [5.41, 5.74) is 12.5. The molecule has 11 aromatic carbocycles. The smallest absolute Gasteiger partial charge is 0.139 e. The molecule has 0 bridgehead atoms. The Kier molecular flexibility index (Phi) is 9.32. The van der Waals surface area contributed by atoms with E-state index < -0.39 is 0 Å². The van der Waals surface area contributed by atoms with Gasteiger partial charge >= 0.3 is 0 Å². The van der Waals surface area contributed by atoms with Crippen molar-refractivity contribution in [2.24, 2.45) is 0 Å². The Bertz CT molecular complexity index is 3940. The van der Waals surface area contributed by atoms with Crippen molar-refractivity contribution in [1.29, 1.82) is 0 Å². The number of fused-ring (bicyclic) bond motifs is 10. The van der Waals surface area contributed by atoms with Crippen molar-refractivity contribution in [3.63, 3.8) is 0 Å². The number of nitrogens with zero attached hydrogens (tertiary/aromatic N) is 2. The van der Waals surface area contributed by atoms with Crippen molar-refractivity contribution < 1.29 is 8.83 Å². The molecule has 70 heavy (non-hydrogen) atoms. The van der Waals surface area contributed by atoms with E-state index in [0.29, 0.717) is 0 Å². The van der Waals surface area contributed by atoms with Crippen LogP contribution in [0.25, 0.3) is 87.0 Å². The Balaban J connectivity index is 0.916. The van der Waals surface area contributed by atoms with Crippen LogP contribution in [0.1, 0.15) is 52.7 Å². The minimum Gasteiger partial charge on any atom is -0.456 e. The summed E-state index contributed by atoms with van der Waals surface area (Å²) in [6.45, 7) is 13.8. The quantitative estimate of drug-likeness (QED) is 0.166. The number of benzene rings is 11. The van der Waals surface area contributed by atoms with Gasteiger partial charge in [0.25, 0.3) is 0 Å². The molecule has 0 aliphatic carbocycles. The van der Waals surface area contributed by atoms with Gasteiger partial charge in [-0.05, 0) is 168 Å². The molecule has 0 amide bonds. The molecule has 0 unspecified atom stereocenters. The maximum atomic E-state index is 6.73. The first-order chi connectivity index (χ1) is 33.9. The highest BCUT2D eigenvalue weighted by molar-refractivity contribution is 6.18. The summed E-state index contributed by atoms with van der Waals surface area (Å²) < 4.78 is 13.5. The Morgan fingerprint density at radius 3 is 1.01 bits per heavy atom. The summed E-state index contributed by atoms with van der Waals surface area (Å²) in [4.78, 5) is 4.82. The first-order valence-electron chi connectivity index (χ1n) is 24.4. The molecular formula is C66H52N2O2. The zero-order valence-corrected chi connectivity index (χ0v) is 40.3. The maximum absolute atomic E-state index is 6.73. The molecule has 0 saturated carbocycles. The fourth-order valence-corrected chi connectivity index (χ4v) is 10.8. The number of furan rings is 2. The van der Waals surface area contributed by atoms with Gasteiger partial charge in [0.1, 0.15) is 22.3 Å². The zero-order chi connectivity index (χ0) is 47.5. The number of hydrogen-bond acceptors (Lipinski definition) is 4. The topological polar surface area (TPSA) is 32.8 Å². The molecule has 0 radical (unpaired) electrons. The van der Waals surface area contributed by atoms with Crippen LogP contribution in [0.5, 0.6) is 0 Å². The Morgan fingerprint density at radius 2 is 0.614 bits per heavy atom. The number of para-hydroxylation sites is 2. The second kappa shape index (κ2) is 15.6. The molecule has 4 heteroatoms. The first kappa shape index (κ1) is 41.8. The highest BCUT2D eigenvalue weighted by Crippen LogP contribution is 2.47. The lowest BCUT2D eigenvalue weighted by Gasteiger charge is -2.32. The third-order valence-corrected chi connectivity index (χ3v) is 14.3. The lowest BCUT2D eigenvalue weighted by molar-refractivity contribution is 0.591. The molecule has 338 valence electrons. The first-order valence-corrected chi connectivity index (χ1v) is 24.4. The number of rotatable bonds is 6. The normalized spacial score (nSPS) is 12.4. The van der Waals surface area contributed by atoms with Crippen molar-refractivity contribution in [2.45, 2.75) is 52.4 Å². The van der Waals surface area contributed by atoms with E-state index in [4.69, 9.17) is 8.83 Å². The van der Waals surface area contributed by atoms with E-state index in [0.717, 1.165) is 88.2 Å². The van der Waals surface area contributed by atoms with E-state index in [2.05, 4.69) is 258 Å². The fourth-order valence-electron chi connectivity index (χ4n) is 10.8. The molecule has 0 atom stereocenters. The Hall–Kier alpha value is -8.34. The fraction of sp³-hybridized carbons (Fsp3) is 0.121. The average Bonchev–Trinajstić information content (AvgIpc) is 3.89. The van der Waals surface area contributed by atoms with Crippen LogP contribution in [-0.4, -0.2) is 0 Å². The van der Waals surface area contributed by atoms with Crippen molar-refractivity contribution >= 4 is 121 Å². The van der Waals surface area contributed by atoms with Gasteiger partial charge in [-0.3, -0.25) is 0 Å². The second-order valence-corrected chi connectivity index (χ2v) is 21.1. The van der Waals surface area contributed by atoms with Gasteiger partial charge in [0.05, 0.1) is 11.4 Å². The average molecular weight is 905 g/mol. The van der Waals surface area contributed by atoms with Gasteiger partial charge in [0.2, 0.25) is 0 Å². The summed E-state index contributed by atoms with van der Waals surface area (Å²) in [5.74, 6) is 0. The predicted molar refractivity (Wildman–Crippen MR) is 298 cm³/mol. The van der Waals surface area contributed by atoms with E-state index in [1.807, 2.05) is 0 Å². The van der Waals surface area contributed by atoms with Crippen molar-refractivity contribution in [3.8, 4) is 0 Å². The van der Waals surface area contributed by atoms with Gasteiger partial charge in [-0.25, -0.2) is 0 Å². The molecule has 0 spiro atoms. The van der Waals surface area contributed by atoms with Crippen molar-refractivity contribution in [1.82, 2.24) is 0 Å². The van der Waals surface area contributed by atoms with Crippen LogP contribution in [0.3, 0.4) is 0 Å². The summed E-state index contributed by atoms with van der Waals surface area (Å²) in [5, 5.41) is 13.8. The van der Waals surface area contributed by atoms with Gasteiger partial charge < -0.3 is 18.6 Å². The van der Waals surface area contributed by atoms with Gasteiger partial charge in [-0.15, -0.1) is 0 Å². The lowest BCUT2D eigenvalue weighted by atomic mass is 9.83. The predicted octanol–water partition coefficient (Wildman–Crippen LogP) is 19.6. The molecule has 13 rings (SSSR count). The van der Waals surface area contributed by atoms with Crippen molar-refractivity contribution in [2.75, 3.05) is 9.80 Å². The van der Waals surface area contributed by atoms with Gasteiger partial charge in [-0.2, -0.15) is 0 Å². The molecule has 0 fully saturated rings. The minimum atomic E-state index is -0.0923. The molecule has 13 aromatic rings. The minimum absolute atomic E-state index is 0.0923. The molecule has 0 aliphatic heterocycles. The summed E-state index contributed by atoms with van der Waals surface area (Å²) >= 11 is 0. The van der Waals surface area contributed by atoms with Gasteiger partial charge in [0, 0.05) is 50.4 Å².